The van der Waals surface area contributed by atoms with Gasteiger partial charge in [-0.25, -0.2) is 0 Å². The zero-order valence-corrected chi connectivity index (χ0v) is 25.7. The number of hydrogen-bond donors (Lipinski definition) is 1. The fourth-order valence-corrected chi connectivity index (χ4v) is 4.81. The van der Waals surface area contributed by atoms with Crippen molar-refractivity contribution in [1.29, 1.82) is 0 Å². The van der Waals surface area contributed by atoms with Crippen molar-refractivity contribution in [2.24, 2.45) is 10.8 Å². The third kappa shape index (κ3) is 7.31. The molecule has 0 saturated carbocycles. The highest BCUT2D eigenvalue weighted by Crippen LogP contribution is 2.44. The largest absolute Gasteiger partial charge is 0.507 e. The molecule has 1 aromatic rings. The minimum absolute atomic E-state index is 0.0151. The van der Waals surface area contributed by atoms with E-state index in [2.05, 4.69) is 126 Å². The summed E-state index contributed by atoms with van der Waals surface area (Å²) in [5.41, 5.74) is 7.09. The Morgan fingerprint density at radius 2 is 1.39 bits per heavy atom. The van der Waals surface area contributed by atoms with Crippen molar-refractivity contribution in [2.45, 2.75) is 114 Å². The van der Waals surface area contributed by atoms with E-state index >= 15 is 0 Å². The predicted octanol–water partition coefficient (Wildman–Crippen LogP) is 9.29. The lowest BCUT2D eigenvalue weighted by molar-refractivity contribution is 0.283. The monoisotopic (exact) mass is 492 g/mol. The van der Waals surface area contributed by atoms with Crippen molar-refractivity contribution >= 4 is 0 Å². The summed E-state index contributed by atoms with van der Waals surface area (Å²) >= 11 is 0. The van der Waals surface area contributed by atoms with Crippen LogP contribution in [-0.4, -0.2) is 23.1 Å². The van der Waals surface area contributed by atoms with Gasteiger partial charge in [0.2, 0.25) is 0 Å². The fraction of sp³-hybridized carbons (Fsp3) is 0.618. The summed E-state index contributed by atoms with van der Waals surface area (Å²) in [4.78, 5) is 2.48. The Morgan fingerprint density at radius 3 is 1.83 bits per heavy atom. The van der Waals surface area contributed by atoms with E-state index in [1.807, 2.05) is 0 Å². The van der Waals surface area contributed by atoms with Gasteiger partial charge in [0.15, 0.2) is 0 Å². The third-order valence-corrected chi connectivity index (χ3v) is 7.21. The summed E-state index contributed by atoms with van der Waals surface area (Å²) in [6.07, 6.45) is 5.79. The van der Waals surface area contributed by atoms with E-state index in [9.17, 15) is 5.11 Å². The highest BCUT2D eigenvalue weighted by Gasteiger charge is 2.39. The molecule has 0 saturated heterocycles. The lowest BCUT2D eigenvalue weighted by atomic mass is 9.69. The Hall–Kier alpha value is -1.93. The van der Waals surface area contributed by atoms with Crippen LogP contribution in [0.5, 0.6) is 5.75 Å². The first-order valence-electron chi connectivity index (χ1n) is 13.7. The minimum Gasteiger partial charge on any atom is -0.507 e. The molecule has 200 valence electrons. The van der Waals surface area contributed by atoms with Crippen LogP contribution >= 0.6 is 0 Å². The molecule has 0 spiro atoms. The molecule has 1 aliphatic carbocycles. The molecular formula is C34H54NO+. The molecule has 2 nitrogen and oxygen atoms in total. The number of hydrogen-bond acceptors (Lipinski definition) is 2. The van der Waals surface area contributed by atoms with Crippen LogP contribution in [0, 0.1) is 16.7 Å². The van der Waals surface area contributed by atoms with Gasteiger partial charge in [-0.05, 0) is 76.5 Å². The molecule has 0 atom stereocenters. The second kappa shape index (κ2) is 10.4. The summed E-state index contributed by atoms with van der Waals surface area (Å²) in [6.45, 7) is 36.3. The highest BCUT2D eigenvalue weighted by atomic mass is 16.3. The molecule has 2 heteroatoms. The van der Waals surface area contributed by atoms with Crippen LogP contribution in [0.1, 0.15) is 113 Å². The van der Waals surface area contributed by atoms with Gasteiger partial charge in [0, 0.05) is 22.9 Å². The summed E-state index contributed by atoms with van der Waals surface area (Å²) < 4.78 is 0. The van der Waals surface area contributed by atoms with Crippen LogP contribution in [0.2, 0.25) is 0 Å². The zero-order chi connectivity index (χ0) is 27.9. The number of aromatic hydroxyl groups is 1. The van der Waals surface area contributed by atoms with Crippen LogP contribution < -0.4 is 0 Å². The number of phenolic OH excluding ortho intramolecular Hbond substituents is 1. The maximum absolute atomic E-state index is 11.4. The van der Waals surface area contributed by atoms with Crippen LogP contribution in [0.3, 0.4) is 0 Å². The molecule has 0 radical (unpaired) electrons. The van der Waals surface area contributed by atoms with Gasteiger partial charge in [0.05, 0.1) is 41.3 Å². The molecule has 0 heterocycles. The molecule has 36 heavy (non-hydrogen) atoms. The lowest BCUT2D eigenvalue weighted by Crippen LogP contribution is -2.31. The van der Waals surface area contributed by atoms with Gasteiger partial charge in [0.25, 0.3) is 0 Å². The normalized spacial score (nSPS) is 15.9. The Balaban J connectivity index is 2.52. The summed E-state index contributed by atoms with van der Waals surface area (Å²) in [6, 6.07) is 4.43. The van der Waals surface area contributed by atoms with E-state index < -0.39 is 0 Å². The standard InChI is InChI=1S/C34H53NO/c1-15-16-35(21-24-17-26(31(3,4)5)19-28(23(24)2)33(9,10)11)22-25-18-27(32(6,7)8)20-29(30(25)36)34(12,13)14/h17-20H,2,15-16,21-22H2,1,3-14H3/p+1. The second-order valence-corrected chi connectivity index (χ2v) is 14.9. The van der Waals surface area contributed by atoms with Gasteiger partial charge in [0.1, 0.15) is 5.75 Å². The molecule has 0 fully saturated rings. The highest BCUT2D eigenvalue weighted by molar-refractivity contribution is 5.58. The van der Waals surface area contributed by atoms with Crippen LogP contribution in [0.4, 0.5) is 0 Å². The maximum atomic E-state index is 11.4. The Labute approximate surface area is 223 Å². The molecule has 0 aliphatic heterocycles. The predicted molar refractivity (Wildman–Crippen MR) is 159 cm³/mol. The average molecular weight is 493 g/mol. The third-order valence-electron chi connectivity index (χ3n) is 7.21. The molecule has 0 unspecified atom stereocenters. The quantitative estimate of drug-likeness (QED) is 0.400. The van der Waals surface area contributed by atoms with Gasteiger partial charge in [-0.1, -0.05) is 67.2 Å². The fourth-order valence-electron chi connectivity index (χ4n) is 4.81. The minimum atomic E-state index is -0.126. The van der Waals surface area contributed by atoms with Gasteiger partial charge in [-0.3, -0.25) is 4.90 Å². The van der Waals surface area contributed by atoms with Crippen molar-refractivity contribution in [3.05, 3.63) is 70.2 Å². The van der Waals surface area contributed by atoms with Gasteiger partial charge < -0.3 is 5.11 Å². The van der Waals surface area contributed by atoms with E-state index in [4.69, 9.17) is 0 Å². The van der Waals surface area contributed by atoms with Gasteiger partial charge in [-0.15, -0.1) is 0 Å². The van der Waals surface area contributed by atoms with E-state index in [-0.39, 0.29) is 21.7 Å². The van der Waals surface area contributed by atoms with E-state index in [1.54, 1.807) is 0 Å². The molecular weight excluding hydrogens is 438 g/mol. The molecule has 0 bridgehead atoms. The number of rotatable bonds is 6. The number of allylic oxidation sites excluding steroid dienone is 3. The van der Waals surface area contributed by atoms with Gasteiger partial charge in [-0.2, -0.15) is 0 Å². The smallest absolute Gasteiger partial charge is 0.123 e. The van der Waals surface area contributed by atoms with Crippen molar-refractivity contribution in [3.63, 3.8) is 0 Å². The number of benzene rings is 1. The van der Waals surface area contributed by atoms with Crippen molar-refractivity contribution < 1.29 is 5.11 Å². The molecule has 0 aromatic heterocycles. The van der Waals surface area contributed by atoms with E-state index in [0.29, 0.717) is 5.75 Å². The summed E-state index contributed by atoms with van der Waals surface area (Å²) in [5, 5.41) is 11.4. The van der Waals surface area contributed by atoms with Crippen molar-refractivity contribution in [1.82, 2.24) is 4.90 Å². The first kappa shape index (κ1) is 30.3. The Morgan fingerprint density at radius 1 is 0.806 bits per heavy atom. The zero-order valence-electron chi connectivity index (χ0n) is 25.7. The van der Waals surface area contributed by atoms with Crippen LogP contribution in [-0.2, 0) is 17.4 Å². The van der Waals surface area contributed by atoms with Crippen molar-refractivity contribution in [3.8, 4) is 5.75 Å². The molecule has 0 amide bonds. The van der Waals surface area contributed by atoms with Crippen LogP contribution in [0.15, 0.2) is 47.6 Å². The van der Waals surface area contributed by atoms with Crippen molar-refractivity contribution in [2.75, 3.05) is 13.1 Å². The lowest BCUT2D eigenvalue weighted by Gasteiger charge is -2.32. The number of nitrogens with zero attached hydrogens (tertiary/aromatic N) is 1. The topological polar surface area (TPSA) is 23.5 Å². The molecule has 2 rings (SSSR count). The Kier molecular flexibility index (Phi) is 8.79. The average Bonchev–Trinajstić information content (AvgIpc) is 2.67. The number of phenols is 1. The summed E-state index contributed by atoms with van der Waals surface area (Å²) in [7, 11) is 0. The maximum Gasteiger partial charge on any atom is 0.123 e. The first-order chi connectivity index (χ1) is 16.2. The Bertz CT molecular complexity index is 1010. The molecule has 1 aromatic carbocycles. The van der Waals surface area contributed by atoms with Crippen LogP contribution in [0.25, 0.3) is 0 Å². The molecule has 1 N–H and O–H groups in total. The molecule has 1 aliphatic rings. The first-order valence-corrected chi connectivity index (χ1v) is 13.7. The van der Waals surface area contributed by atoms with E-state index in [1.165, 1.54) is 22.6 Å². The van der Waals surface area contributed by atoms with E-state index in [0.717, 1.165) is 42.8 Å². The SMILES string of the molecule is C=C1C(CN(CCC)Cc2cc(C(C)(C)C)cc(C(C)(C)C)c2O)=C[C+](C(C)(C)C)C=C1C(C)(C)C. The van der Waals surface area contributed by atoms with Gasteiger partial charge >= 0.3 is 0 Å². The summed E-state index contributed by atoms with van der Waals surface area (Å²) in [5.74, 6) is 1.81. The second-order valence-electron chi connectivity index (χ2n) is 14.9.